The Balaban J connectivity index is 2.01. The molecule has 0 aliphatic rings. The minimum Gasteiger partial charge on any atom is -0.321 e. The molecule has 2 nitrogen and oxygen atoms in total. The minimum absolute atomic E-state index is 0.162. The van der Waals surface area contributed by atoms with Crippen molar-refractivity contribution in [3.05, 3.63) is 65.5 Å². The summed E-state index contributed by atoms with van der Waals surface area (Å²) >= 11 is 0. The van der Waals surface area contributed by atoms with E-state index >= 15 is 0 Å². The zero-order chi connectivity index (χ0) is 13.0. The molecule has 0 heterocycles. The molecule has 2 aromatic rings. The van der Waals surface area contributed by atoms with Crippen LogP contribution in [0.4, 0.5) is 18.9 Å². The molecule has 0 unspecified atom stereocenters. The highest BCUT2D eigenvalue weighted by molar-refractivity contribution is 5.41. The van der Waals surface area contributed by atoms with E-state index in [4.69, 9.17) is 0 Å². The molecule has 5 heteroatoms. The smallest absolute Gasteiger partial charge is 0.166 e. The molecule has 2 aromatic carbocycles. The molecule has 94 valence electrons. The molecule has 2 rings (SSSR count). The summed E-state index contributed by atoms with van der Waals surface area (Å²) in [7, 11) is 0. The predicted octanol–water partition coefficient (Wildman–Crippen LogP) is 3.22. The molecule has 0 radical (unpaired) electrons. The van der Waals surface area contributed by atoms with Gasteiger partial charge in [0, 0.05) is 17.8 Å². The Labute approximate surface area is 102 Å². The van der Waals surface area contributed by atoms with Gasteiger partial charge in [0.1, 0.15) is 5.82 Å². The second-order valence-electron chi connectivity index (χ2n) is 3.67. The number of anilines is 1. The molecule has 2 N–H and O–H groups in total. The lowest BCUT2D eigenvalue weighted by Crippen LogP contribution is -2.22. The van der Waals surface area contributed by atoms with Gasteiger partial charge >= 0.3 is 0 Å². The van der Waals surface area contributed by atoms with Gasteiger partial charge in [0.2, 0.25) is 0 Å². The normalized spacial score (nSPS) is 10.4. The molecule has 0 saturated heterocycles. The van der Waals surface area contributed by atoms with Gasteiger partial charge in [0.25, 0.3) is 0 Å². The summed E-state index contributed by atoms with van der Waals surface area (Å²) in [5.74, 6) is -3.01. The molecule has 0 bridgehead atoms. The third-order valence-electron chi connectivity index (χ3n) is 2.41. The number of hydrogen-bond donors (Lipinski definition) is 2. The largest absolute Gasteiger partial charge is 0.321 e. The van der Waals surface area contributed by atoms with Crippen molar-refractivity contribution < 1.29 is 13.2 Å². The Bertz CT molecular complexity index is 529. The van der Waals surface area contributed by atoms with Crippen molar-refractivity contribution in [2.45, 2.75) is 6.54 Å². The van der Waals surface area contributed by atoms with E-state index in [1.807, 2.05) is 18.2 Å². The summed E-state index contributed by atoms with van der Waals surface area (Å²) in [5, 5.41) is 0. The fourth-order valence-corrected chi connectivity index (χ4v) is 1.49. The lowest BCUT2D eigenvalue weighted by Gasteiger charge is -2.10. The Morgan fingerprint density at radius 3 is 2.22 bits per heavy atom. The summed E-state index contributed by atoms with van der Waals surface area (Å²) in [6, 6.07) is 10.7. The van der Waals surface area contributed by atoms with Crippen molar-refractivity contribution >= 4 is 5.69 Å². The average Bonchev–Trinajstić information content (AvgIpc) is 2.39. The molecule has 0 aliphatic heterocycles. The fourth-order valence-electron chi connectivity index (χ4n) is 1.49. The summed E-state index contributed by atoms with van der Waals surface area (Å²) in [4.78, 5) is 0. The van der Waals surface area contributed by atoms with Crippen LogP contribution in [0, 0.1) is 17.5 Å². The standard InChI is InChI=1S/C13H11F3N2/c14-11-6-7-12(15)13(16)10(11)8-17-18-9-4-2-1-3-5-9/h1-7,17-18H,8H2. The topological polar surface area (TPSA) is 24.1 Å². The Hall–Kier alpha value is -2.01. The van der Waals surface area contributed by atoms with Gasteiger partial charge in [0.05, 0.1) is 0 Å². The van der Waals surface area contributed by atoms with Crippen molar-refractivity contribution in [2.24, 2.45) is 0 Å². The lowest BCUT2D eigenvalue weighted by molar-refractivity contribution is 0.475. The zero-order valence-corrected chi connectivity index (χ0v) is 9.38. The van der Waals surface area contributed by atoms with Crippen LogP contribution in [0.15, 0.2) is 42.5 Å². The van der Waals surface area contributed by atoms with E-state index in [1.165, 1.54) is 0 Å². The first kappa shape index (κ1) is 12.4. The van der Waals surface area contributed by atoms with Gasteiger partial charge < -0.3 is 5.43 Å². The monoisotopic (exact) mass is 252 g/mol. The zero-order valence-electron chi connectivity index (χ0n) is 9.38. The minimum atomic E-state index is -1.17. The number of benzene rings is 2. The molecule has 0 atom stereocenters. The van der Waals surface area contributed by atoms with Gasteiger partial charge in [-0.2, -0.15) is 0 Å². The molecule has 0 amide bonds. The fraction of sp³-hybridized carbons (Fsp3) is 0.0769. The van der Waals surface area contributed by atoms with Crippen molar-refractivity contribution in [3.63, 3.8) is 0 Å². The third-order valence-corrected chi connectivity index (χ3v) is 2.41. The highest BCUT2D eigenvalue weighted by Gasteiger charge is 2.12. The summed E-state index contributed by atoms with van der Waals surface area (Å²) < 4.78 is 39.5. The average molecular weight is 252 g/mol. The van der Waals surface area contributed by atoms with Crippen LogP contribution in [-0.2, 0) is 6.54 Å². The first-order chi connectivity index (χ1) is 8.68. The van der Waals surface area contributed by atoms with Crippen molar-refractivity contribution in [1.29, 1.82) is 0 Å². The van der Waals surface area contributed by atoms with E-state index in [-0.39, 0.29) is 12.1 Å². The molecule has 18 heavy (non-hydrogen) atoms. The van der Waals surface area contributed by atoms with Crippen molar-refractivity contribution in [3.8, 4) is 0 Å². The lowest BCUT2D eigenvalue weighted by atomic mass is 10.2. The summed E-state index contributed by atoms with van der Waals surface area (Å²) in [6.45, 7) is -0.162. The maximum atomic E-state index is 13.3. The second-order valence-corrected chi connectivity index (χ2v) is 3.67. The van der Waals surface area contributed by atoms with E-state index in [2.05, 4.69) is 10.9 Å². The number of rotatable bonds is 4. The van der Waals surface area contributed by atoms with Crippen LogP contribution in [0.2, 0.25) is 0 Å². The van der Waals surface area contributed by atoms with Gasteiger partial charge in [-0.1, -0.05) is 18.2 Å². The number of nitrogens with one attached hydrogen (secondary N) is 2. The number of hydrazine groups is 1. The van der Waals surface area contributed by atoms with Crippen LogP contribution in [0.25, 0.3) is 0 Å². The van der Waals surface area contributed by atoms with E-state index in [0.717, 1.165) is 17.8 Å². The SMILES string of the molecule is Fc1ccc(F)c(CNNc2ccccc2)c1F. The van der Waals surface area contributed by atoms with Crippen molar-refractivity contribution in [2.75, 3.05) is 5.43 Å². The quantitative estimate of drug-likeness (QED) is 0.645. The van der Waals surface area contributed by atoms with Gasteiger partial charge in [-0.05, 0) is 24.3 Å². The summed E-state index contributed by atoms with van der Waals surface area (Å²) in [6.07, 6.45) is 0. The van der Waals surface area contributed by atoms with Crippen LogP contribution in [0.3, 0.4) is 0 Å². The van der Waals surface area contributed by atoms with Crippen LogP contribution in [-0.4, -0.2) is 0 Å². The van der Waals surface area contributed by atoms with Gasteiger partial charge in [0.15, 0.2) is 11.6 Å². The second kappa shape index (κ2) is 5.55. The molecular weight excluding hydrogens is 241 g/mol. The van der Waals surface area contributed by atoms with E-state index in [0.29, 0.717) is 0 Å². The van der Waals surface area contributed by atoms with Crippen LogP contribution in [0.1, 0.15) is 5.56 Å². The number of halogens is 3. The molecular formula is C13H11F3N2. The summed E-state index contributed by atoms with van der Waals surface area (Å²) in [5.41, 5.74) is 5.80. The number of hydrogen-bond acceptors (Lipinski definition) is 2. The molecule has 0 aromatic heterocycles. The molecule has 0 saturated carbocycles. The highest BCUT2D eigenvalue weighted by atomic mass is 19.2. The first-order valence-electron chi connectivity index (χ1n) is 5.35. The van der Waals surface area contributed by atoms with E-state index < -0.39 is 17.5 Å². The van der Waals surface area contributed by atoms with Gasteiger partial charge in [-0.15, -0.1) is 0 Å². The van der Waals surface area contributed by atoms with Gasteiger partial charge in [-0.3, -0.25) is 0 Å². The van der Waals surface area contributed by atoms with E-state index in [9.17, 15) is 13.2 Å². The van der Waals surface area contributed by atoms with Crippen LogP contribution in [0.5, 0.6) is 0 Å². The molecule has 0 spiro atoms. The predicted molar refractivity (Wildman–Crippen MR) is 63.2 cm³/mol. The van der Waals surface area contributed by atoms with Gasteiger partial charge in [-0.25, -0.2) is 18.6 Å². The maximum Gasteiger partial charge on any atom is 0.166 e. The molecule has 0 aliphatic carbocycles. The molecule has 0 fully saturated rings. The third kappa shape index (κ3) is 2.81. The van der Waals surface area contributed by atoms with Crippen molar-refractivity contribution in [1.82, 2.24) is 5.43 Å². The van der Waals surface area contributed by atoms with Crippen LogP contribution >= 0.6 is 0 Å². The number of para-hydroxylation sites is 1. The Morgan fingerprint density at radius 2 is 1.50 bits per heavy atom. The Kier molecular flexibility index (Phi) is 3.84. The Morgan fingerprint density at radius 1 is 0.833 bits per heavy atom. The highest BCUT2D eigenvalue weighted by Crippen LogP contribution is 2.15. The van der Waals surface area contributed by atoms with Crippen LogP contribution < -0.4 is 10.9 Å². The maximum absolute atomic E-state index is 13.3. The first-order valence-corrected chi connectivity index (χ1v) is 5.35. The van der Waals surface area contributed by atoms with E-state index in [1.54, 1.807) is 12.1 Å².